The van der Waals surface area contributed by atoms with Gasteiger partial charge in [-0.15, -0.1) is 11.3 Å². The molecule has 96 valence electrons. The minimum Gasteiger partial charge on any atom is -0.464 e. The Morgan fingerprint density at radius 1 is 1.47 bits per heavy atom. The van der Waals surface area contributed by atoms with Gasteiger partial charge in [-0.25, -0.2) is 9.97 Å². The van der Waals surface area contributed by atoms with Crippen molar-refractivity contribution in [1.29, 1.82) is 5.26 Å². The van der Waals surface area contributed by atoms with Crippen LogP contribution in [0.3, 0.4) is 0 Å². The Balaban J connectivity index is 2.42. The van der Waals surface area contributed by atoms with Crippen LogP contribution in [0.25, 0.3) is 13.2 Å². The summed E-state index contributed by atoms with van der Waals surface area (Å²) in [7, 11) is 0. The van der Waals surface area contributed by atoms with Gasteiger partial charge in [0, 0.05) is 10.7 Å². The van der Waals surface area contributed by atoms with E-state index in [0.29, 0.717) is 22.7 Å². The third kappa shape index (κ3) is 2.77. The summed E-state index contributed by atoms with van der Waals surface area (Å²) in [6.45, 7) is 9.92. The molecule has 0 aliphatic carbocycles. The Bertz CT molecular complexity index is 691. The molecule has 0 N–H and O–H groups in total. The molecule has 2 aromatic heterocycles. The van der Waals surface area contributed by atoms with Crippen molar-refractivity contribution < 1.29 is 4.74 Å². The summed E-state index contributed by atoms with van der Waals surface area (Å²) in [5, 5.41) is 10.6. The summed E-state index contributed by atoms with van der Waals surface area (Å²) in [6, 6.07) is 4.14. The third-order valence-electron chi connectivity index (χ3n) is 2.40. The maximum absolute atomic E-state index is 9.33. The molecule has 1 atom stereocenters. The highest BCUT2D eigenvalue weighted by Crippen LogP contribution is 2.22. The fourth-order valence-electron chi connectivity index (χ4n) is 1.49. The zero-order chi connectivity index (χ0) is 13.8. The van der Waals surface area contributed by atoms with E-state index in [1.807, 2.05) is 6.92 Å². The first-order valence-corrected chi connectivity index (χ1v) is 6.47. The van der Waals surface area contributed by atoms with Crippen molar-refractivity contribution in [1.82, 2.24) is 15.0 Å². The molecule has 2 heterocycles. The maximum Gasteiger partial charge on any atom is 0.316 e. The SMILES string of the molecule is C=c1nc(C(C#N)c2ccnc(OCC)n2)sc1=C. The van der Waals surface area contributed by atoms with E-state index in [-0.39, 0.29) is 6.01 Å². The monoisotopic (exact) mass is 272 g/mol. The van der Waals surface area contributed by atoms with Crippen LogP contribution in [0.4, 0.5) is 0 Å². The van der Waals surface area contributed by atoms with Crippen LogP contribution in [0.5, 0.6) is 6.01 Å². The second-order valence-electron chi connectivity index (χ2n) is 3.68. The molecule has 1 unspecified atom stereocenters. The van der Waals surface area contributed by atoms with E-state index in [4.69, 9.17) is 4.74 Å². The number of nitriles is 1. The van der Waals surface area contributed by atoms with E-state index in [1.165, 1.54) is 11.3 Å². The lowest BCUT2D eigenvalue weighted by Gasteiger charge is -2.06. The number of nitrogens with zero attached hydrogens (tertiary/aromatic N) is 4. The molecule has 6 heteroatoms. The third-order valence-corrected chi connectivity index (χ3v) is 3.41. The van der Waals surface area contributed by atoms with E-state index in [9.17, 15) is 5.26 Å². The zero-order valence-corrected chi connectivity index (χ0v) is 11.3. The molecule has 0 aromatic carbocycles. The summed E-state index contributed by atoms with van der Waals surface area (Å²) >= 11 is 1.35. The Morgan fingerprint density at radius 3 is 2.84 bits per heavy atom. The molecule has 0 bridgehead atoms. The van der Waals surface area contributed by atoms with Gasteiger partial charge in [-0.1, -0.05) is 13.2 Å². The highest BCUT2D eigenvalue weighted by Gasteiger charge is 2.19. The van der Waals surface area contributed by atoms with Crippen molar-refractivity contribution >= 4 is 24.5 Å². The summed E-state index contributed by atoms with van der Waals surface area (Å²) in [6.07, 6.45) is 1.57. The van der Waals surface area contributed by atoms with Crippen molar-refractivity contribution in [2.45, 2.75) is 12.8 Å². The van der Waals surface area contributed by atoms with Crippen molar-refractivity contribution in [2.75, 3.05) is 6.61 Å². The lowest BCUT2D eigenvalue weighted by atomic mass is 10.1. The van der Waals surface area contributed by atoms with E-state index < -0.39 is 5.92 Å². The topological polar surface area (TPSA) is 71.7 Å². The normalized spacial score (nSPS) is 11.8. The molecule has 0 radical (unpaired) electrons. The molecule has 5 nitrogen and oxygen atoms in total. The second-order valence-corrected chi connectivity index (χ2v) is 4.80. The minimum atomic E-state index is -0.553. The van der Waals surface area contributed by atoms with Crippen molar-refractivity contribution in [3.63, 3.8) is 0 Å². The van der Waals surface area contributed by atoms with Crippen LogP contribution in [0.2, 0.25) is 0 Å². The van der Waals surface area contributed by atoms with Gasteiger partial charge >= 0.3 is 6.01 Å². The average molecular weight is 272 g/mol. The van der Waals surface area contributed by atoms with Gasteiger partial charge in [0.2, 0.25) is 0 Å². The van der Waals surface area contributed by atoms with Crippen molar-refractivity contribution in [2.24, 2.45) is 0 Å². The first-order valence-electron chi connectivity index (χ1n) is 5.65. The Hall–Kier alpha value is -2.26. The van der Waals surface area contributed by atoms with Crippen LogP contribution in [-0.4, -0.2) is 21.6 Å². The van der Waals surface area contributed by atoms with Gasteiger partial charge in [-0.2, -0.15) is 10.2 Å². The van der Waals surface area contributed by atoms with Gasteiger partial charge in [-0.05, 0) is 13.0 Å². The molecular formula is C13H12N4OS. The number of ether oxygens (including phenoxy) is 1. The molecular weight excluding hydrogens is 260 g/mol. The predicted octanol–water partition coefficient (Wildman–Crippen LogP) is 0.808. The van der Waals surface area contributed by atoms with E-state index in [2.05, 4.69) is 34.2 Å². The molecule has 0 fully saturated rings. The largest absolute Gasteiger partial charge is 0.464 e. The quantitative estimate of drug-likeness (QED) is 0.823. The Kier molecular flexibility index (Phi) is 3.88. The lowest BCUT2D eigenvalue weighted by molar-refractivity contribution is 0.311. The fraction of sp³-hybridized carbons (Fsp3) is 0.231. The molecule has 0 spiro atoms. The number of hydrogen-bond donors (Lipinski definition) is 0. The smallest absolute Gasteiger partial charge is 0.316 e. The number of aromatic nitrogens is 3. The molecule has 0 saturated heterocycles. The number of thiazole rings is 1. The van der Waals surface area contributed by atoms with Crippen LogP contribution in [-0.2, 0) is 0 Å². The minimum absolute atomic E-state index is 0.265. The fourth-order valence-corrected chi connectivity index (χ4v) is 2.35. The van der Waals surface area contributed by atoms with Crippen LogP contribution >= 0.6 is 11.3 Å². The number of rotatable bonds is 4. The standard InChI is InChI=1S/C13H12N4OS/c1-4-18-13-15-6-5-11(17-13)10(7-14)12-16-8(2)9(3)19-12/h5-6,10H,2-4H2,1H3. The van der Waals surface area contributed by atoms with Crippen LogP contribution in [0.15, 0.2) is 12.3 Å². The summed E-state index contributed by atoms with van der Waals surface area (Å²) in [4.78, 5) is 12.5. The average Bonchev–Trinajstić information content (AvgIpc) is 2.71. The second kappa shape index (κ2) is 5.59. The summed E-state index contributed by atoms with van der Waals surface area (Å²) in [5.74, 6) is -0.553. The van der Waals surface area contributed by atoms with Crippen LogP contribution in [0.1, 0.15) is 23.5 Å². The Labute approximate surface area is 114 Å². The van der Waals surface area contributed by atoms with Gasteiger partial charge in [0.15, 0.2) is 0 Å². The zero-order valence-electron chi connectivity index (χ0n) is 10.5. The number of hydrogen-bond acceptors (Lipinski definition) is 6. The molecule has 0 aliphatic heterocycles. The van der Waals surface area contributed by atoms with E-state index >= 15 is 0 Å². The van der Waals surface area contributed by atoms with Gasteiger partial charge in [-0.3, -0.25) is 0 Å². The molecule has 0 aliphatic rings. The van der Waals surface area contributed by atoms with Crippen LogP contribution < -0.4 is 14.6 Å². The van der Waals surface area contributed by atoms with E-state index in [0.717, 1.165) is 4.53 Å². The Morgan fingerprint density at radius 2 is 2.26 bits per heavy atom. The summed E-state index contributed by atoms with van der Waals surface area (Å²) < 4.78 is 5.99. The van der Waals surface area contributed by atoms with Crippen molar-refractivity contribution in [3.8, 4) is 12.1 Å². The van der Waals surface area contributed by atoms with Gasteiger partial charge < -0.3 is 4.74 Å². The first-order chi connectivity index (χ1) is 9.15. The van der Waals surface area contributed by atoms with Gasteiger partial charge in [0.05, 0.1) is 23.7 Å². The maximum atomic E-state index is 9.33. The van der Waals surface area contributed by atoms with Gasteiger partial charge in [0.1, 0.15) is 10.9 Å². The highest BCUT2D eigenvalue weighted by molar-refractivity contribution is 7.09. The molecule has 19 heavy (non-hydrogen) atoms. The molecule has 0 amide bonds. The van der Waals surface area contributed by atoms with Crippen LogP contribution in [0, 0.1) is 11.3 Å². The van der Waals surface area contributed by atoms with Crippen molar-refractivity contribution in [3.05, 3.63) is 32.8 Å². The van der Waals surface area contributed by atoms with E-state index in [1.54, 1.807) is 12.3 Å². The summed E-state index contributed by atoms with van der Waals surface area (Å²) in [5.41, 5.74) is 0.565. The highest BCUT2D eigenvalue weighted by atomic mass is 32.1. The molecule has 2 rings (SSSR count). The molecule has 0 saturated carbocycles. The first kappa shape index (κ1) is 13.2. The predicted molar refractivity (Wildman–Crippen MR) is 73.1 cm³/mol. The van der Waals surface area contributed by atoms with Gasteiger partial charge in [0.25, 0.3) is 0 Å². The molecule has 2 aromatic rings. The lowest BCUT2D eigenvalue weighted by Crippen LogP contribution is -2.16.